The fraction of sp³-hybridized carbons (Fsp3) is 0.176. The Bertz CT molecular complexity index is 919. The predicted octanol–water partition coefficient (Wildman–Crippen LogP) is 0.909. The van der Waals surface area contributed by atoms with Crippen LogP contribution in [0.1, 0.15) is 15.9 Å². The van der Waals surface area contributed by atoms with Gasteiger partial charge in [0.2, 0.25) is 5.62 Å². The van der Waals surface area contributed by atoms with Crippen LogP contribution in [0.3, 0.4) is 0 Å². The van der Waals surface area contributed by atoms with Crippen LogP contribution in [0.5, 0.6) is 0 Å². The van der Waals surface area contributed by atoms with E-state index in [2.05, 4.69) is 0 Å². The van der Waals surface area contributed by atoms with E-state index in [9.17, 15) is 4.79 Å². The molecule has 0 amide bonds. The topological polar surface area (TPSA) is 50.8 Å². The van der Waals surface area contributed by atoms with E-state index in [4.69, 9.17) is 5.41 Å². The highest BCUT2D eigenvalue weighted by Crippen LogP contribution is 2.17. The van der Waals surface area contributed by atoms with Gasteiger partial charge in [0.15, 0.2) is 5.78 Å². The second-order valence-electron chi connectivity index (χ2n) is 5.70. The van der Waals surface area contributed by atoms with Gasteiger partial charge in [0.25, 0.3) is 0 Å². The molecule has 0 aliphatic carbocycles. The molecular weight excluding hydrogens is 273 g/mol. The Kier molecular flexibility index (Phi) is 3.49. The first kappa shape index (κ1) is 14.4. The Hall–Kier alpha value is -2.56. The summed E-state index contributed by atoms with van der Waals surface area (Å²) in [7, 11) is 3.86. The highest BCUT2D eigenvalue weighted by molar-refractivity contribution is 6.32. The summed E-state index contributed by atoms with van der Waals surface area (Å²) in [6.45, 7) is 2.20. The van der Waals surface area contributed by atoms with E-state index >= 15 is 0 Å². The molecule has 2 aromatic carbocycles. The van der Waals surface area contributed by atoms with Gasteiger partial charge in [0, 0.05) is 12.6 Å². The van der Waals surface area contributed by atoms with Gasteiger partial charge in [-0.3, -0.25) is 10.2 Å². The second kappa shape index (κ2) is 5.33. The molecular formula is C17H18BN3O. The molecule has 3 rings (SSSR count). The van der Waals surface area contributed by atoms with Gasteiger partial charge in [-0.1, -0.05) is 41.9 Å². The zero-order chi connectivity index (χ0) is 15.9. The lowest BCUT2D eigenvalue weighted by Gasteiger charge is -2.05. The van der Waals surface area contributed by atoms with E-state index in [0.29, 0.717) is 11.2 Å². The molecule has 0 unspecified atom stereocenters. The number of nitrogens with one attached hydrogen (secondary N) is 1. The molecule has 3 aromatic rings. The van der Waals surface area contributed by atoms with Crippen molar-refractivity contribution in [2.45, 2.75) is 13.5 Å². The normalized spacial score (nSPS) is 11.0. The lowest BCUT2D eigenvalue weighted by Crippen LogP contribution is -2.26. The van der Waals surface area contributed by atoms with Crippen molar-refractivity contribution in [2.24, 2.45) is 7.05 Å². The lowest BCUT2D eigenvalue weighted by molar-refractivity contribution is 0.0971. The smallest absolute Gasteiger partial charge is 0.203 e. The van der Waals surface area contributed by atoms with Gasteiger partial charge in [-0.2, -0.15) is 0 Å². The van der Waals surface area contributed by atoms with Crippen molar-refractivity contribution >= 4 is 30.1 Å². The number of aromatic nitrogens is 2. The largest absolute Gasteiger partial charge is 0.313 e. The summed E-state index contributed by atoms with van der Waals surface area (Å²) < 4.78 is 3.59. The van der Waals surface area contributed by atoms with Crippen molar-refractivity contribution in [1.29, 1.82) is 5.41 Å². The minimum absolute atomic E-state index is 0.0208. The van der Waals surface area contributed by atoms with Gasteiger partial charge >= 0.3 is 0 Å². The highest BCUT2D eigenvalue weighted by atomic mass is 16.1. The number of nitrogens with zero attached hydrogens (tertiary/aromatic N) is 2. The molecule has 0 saturated carbocycles. The fourth-order valence-corrected chi connectivity index (χ4v) is 2.83. The average molecular weight is 291 g/mol. The maximum absolute atomic E-state index is 12.5. The monoisotopic (exact) mass is 291 g/mol. The van der Waals surface area contributed by atoms with Gasteiger partial charge < -0.3 is 9.13 Å². The van der Waals surface area contributed by atoms with E-state index in [-0.39, 0.29) is 12.3 Å². The van der Waals surface area contributed by atoms with Gasteiger partial charge in [-0.05, 0) is 18.6 Å². The Morgan fingerprint density at radius 2 is 1.86 bits per heavy atom. The van der Waals surface area contributed by atoms with Gasteiger partial charge in [0.1, 0.15) is 7.85 Å². The summed E-state index contributed by atoms with van der Waals surface area (Å²) in [6.07, 6.45) is 0. The number of carbonyl (C=O) groups excluding carboxylic acids is 1. The zero-order valence-corrected chi connectivity index (χ0v) is 13.1. The van der Waals surface area contributed by atoms with E-state index in [0.717, 1.165) is 22.1 Å². The zero-order valence-electron chi connectivity index (χ0n) is 13.1. The van der Waals surface area contributed by atoms with Crippen LogP contribution in [-0.4, -0.2) is 22.8 Å². The number of rotatable bonds is 3. The highest BCUT2D eigenvalue weighted by Gasteiger charge is 2.14. The predicted molar refractivity (Wildman–Crippen MR) is 90.5 cm³/mol. The van der Waals surface area contributed by atoms with Crippen molar-refractivity contribution in [2.75, 3.05) is 0 Å². The number of imidazole rings is 1. The number of hydrogen-bond donors (Lipinski definition) is 1. The first-order chi connectivity index (χ1) is 10.5. The number of ketones is 1. The number of Topliss-reactive ketones (excluding diaryl/α,β-unsaturated/α-hetero) is 1. The van der Waals surface area contributed by atoms with E-state index in [1.165, 1.54) is 0 Å². The summed E-state index contributed by atoms with van der Waals surface area (Å²) in [6, 6.07) is 13.5. The van der Waals surface area contributed by atoms with Crippen LogP contribution in [0.2, 0.25) is 0 Å². The molecule has 0 radical (unpaired) electrons. The molecule has 0 fully saturated rings. The molecule has 0 bridgehead atoms. The van der Waals surface area contributed by atoms with Crippen LogP contribution >= 0.6 is 0 Å². The first-order valence-electron chi connectivity index (χ1n) is 7.28. The lowest BCUT2D eigenvalue weighted by atomic mass is 9.94. The summed E-state index contributed by atoms with van der Waals surface area (Å²) in [4.78, 5) is 12.5. The summed E-state index contributed by atoms with van der Waals surface area (Å²) in [5, 5.41) is 8.28. The molecule has 5 heteroatoms. The van der Waals surface area contributed by atoms with E-state index in [1.54, 1.807) is 4.57 Å². The Morgan fingerprint density at radius 3 is 2.55 bits per heavy atom. The van der Waals surface area contributed by atoms with Crippen molar-refractivity contribution in [1.82, 2.24) is 9.13 Å². The quantitative estimate of drug-likeness (QED) is 0.566. The van der Waals surface area contributed by atoms with Gasteiger partial charge in [0.05, 0.1) is 17.6 Å². The summed E-state index contributed by atoms with van der Waals surface area (Å²) in [5.74, 6) is 0.0208. The minimum atomic E-state index is 0.0208. The number of para-hydroxylation sites is 1. The third-order valence-corrected chi connectivity index (χ3v) is 4.09. The van der Waals surface area contributed by atoms with Crippen LogP contribution in [0.4, 0.5) is 0 Å². The number of aryl methyl sites for hydroxylation is 2. The minimum Gasteiger partial charge on any atom is -0.313 e. The van der Waals surface area contributed by atoms with Crippen LogP contribution in [0, 0.1) is 12.3 Å². The van der Waals surface area contributed by atoms with Crippen LogP contribution < -0.4 is 11.1 Å². The maximum Gasteiger partial charge on any atom is 0.203 e. The molecule has 110 valence electrons. The number of fused-ring (bicyclic) bond motifs is 1. The molecule has 4 nitrogen and oxygen atoms in total. The molecule has 0 aliphatic heterocycles. The second-order valence-corrected chi connectivity index (χ2v) is 5.70. The fourth-order valence-electron chi connectivity index (χ4n) is 2.83. The molecule has 22 heavy (non-hydrogen) atoms. The van der Waals surface area contributed by atoms with E-state index < -0.39 is 0 Å². The molecule has 1 aromatic heterocycles. The van der Waals surface area contributed by atoms with Crippen LogP contribution in [0.25, 0.3) is 11.0 Å². The standard InChI is InChI=1S/C17H18BN3O/c1-11-4-3-5-14-16(11)20(2)17(19)21(14)10-15(22)12-6-8-13(18)9-7-12/h3-9,19H,10,18H2,1-2H3. The van der Waals surface area contributed by atoms with Gasteiger partial charge in [-0.25, -0.2) is 0 Å². The molecule has 0 aliphatic rings. The van der Waals surface area contributed by atoms with Crippen molar-refractivity contribution in [3.63, 3.8) is 0 Å². The third-order valence-electron chi connectivity index (χ3n) is 4.09. The Balaban J connectivity index is 2.06. The van der Waals surface area contributed by atoms with Crippen molar-refractivity contribution in [3.05, 3.63) is 59.2 Å². The van der Waals surface area contributed by atoms with Crippen LogP contribution in [0.15, 0.2) is 42.5 Å². The number of hydrogen-bond acceptors (Lipinski definition) is 2. The average Bonchev–Trinajstić information content (AvgIpc) is 2.74. The number of carbonyl (C=O) groups is 1. The number of benzene rings is 2. The molecule has 1 N–H and O–H groups in total. The Morgan fingerprint density at radius 1 is 1.18 bits per heavy atom. The molecule has 0 saturated heterocycles. The first-order valence-corrected chi connectivity index (χ1v) is 7.28. The van der Waals surface area contributed by atoms with E-state index in [1.807, 2.05) is 68.8 Å². The summed E-state index contributed by atoms with van der Waals surface area (Å²) >= 11 is 0. The van der Waals surface area contributed by atoms with Crippen LogP contribution in [-0.2, 0) is 13.6 Å². The molecule has 0 spiro atoms. The Labute approximate surface area is 129 Å². The van der Waals surface area contributed by atoms with Crippen molar-refractivity contribution in [3.8, 4) is 0 Å². The van der Waals surface area contributed by atoms with Gasteiger partial charge in [-0.15, -0.1) is 0 Å². The SMILES string of the molecule is Bc1ccc(C(=O)Cn2c(=N)n(C)c3c(C)cccc32)cc1. The summed E-state index contributed by atoms with van der Waals surface area (Å²) in [5.41, 5.74) is 5.19. The van der Waals surface area contributed by atoms with Crippen molar-refractivity contribution < 1.29 is 4.79 Å². The maximum atomic E-state index is 12.5. The molecule has 0 atom stereocenters. The molecule has 1 heterocycles. The third kappa shape index (κ3) is 2.28.